The van der Waals surface area contributed by atoms with Crippen LogP contribution in [-0.4, -0.2) is 0 Å². The van der Waals surface area contributed by atoms with E-state index in [0.29, 0.717) is 16.2 Å². The van der Waals surface area contributed by atoms with Gasteiger partial charge in [-0.3, -0.25) is 0 Å². The summed E-state index contributed by atoms with van der Waals surface area (Å²) in [5.41, 5.74) is 12.9. The summed E-state index contributed by atoms with van der Waals surface area (Å²) in [6.45, 7) is 9.47. The topological polar surface area (TPSA) is 26.0 Å². The molecule has 0 spiro atoms. The van der Waals surface area contributed by atoms with E-state index in [-0.39, 0.29) is 0 Å². The van der Waals surface area contributed by atoms with Crippen LogP contribution in [0.1, 0.15) is 69.1 Å². The van der Waals surface area contributed by atoms with E-state index in [4.69, 9.17) is 5.73 Å². The number of nitrogen functional groups attached to an aromatic ring is 1. The van der Waals surface area contributed by atoms with E-state index >= 15 is 0 Å². The molecular formula is C20H29N. The number of benzene rings is 1. The molecule has 4 bridgehead atoms. The second kappa shape index (κ2) is 3.86. The second-order valence-corrected chi connectivity index (χ2v) is 9.43. The molecule has 4 fully saturated rings. The molecule has 0 amide bonds. The molecule has 0 aliphatic heterocycles. The molecule has 0 saturated heterocycles. The Morgan fingerprint density at radius 3 is 1.90 bits per heavy atom. The molecule has 0 aromatic heterocycles. The number of nitrogens with two attached hydrogens (primary N) is 1. The van der Waals surface area contributed by atoms with Gasteiger partial charge in [-0.1, -0.05) is 26.0 Å². The van der Waals surface area contributed by atoms with Crippen LogP contribution in [0.2, 0.25) is 0 Å². The van der Waals surface area contributed by atoms with Crippen LogP contribution in [0.4, 0.5) is 5.69 Å². The molecule has 2 unspecified atom stereocenters. The summed E-state index contributed by atoms with van der Waals surface area (Å²) in [6.07, 6.45) is 8.60. The molecule has 4 aliphatic carbocycles. The van der Waals surface area contributed by atoms with Gasteiger partial charge in [0.1, 0.15) is 0 Å². The number of rotatable bonds is 1. The summed E-state index contributed by atoms with van der Waals surface area (Å²) in [5, 5.41) is 0. The van der Waals surface area contributed by atoms with E-state index < -0.39 is 0 Å². The zero-order valence-electron chi connectivity index (χ0n) is 14.1. The van der Waals surface area contributed by atoms with Gasteiger partial charge in [0, 0.05) is 5.69 Å². The van der Waals surface area contributed by atoms with Gasteiger partial charge in [-0.25, -0.2) is 0 Å². The summed E-state index contributed by atoms with van der Waals surface area (Å²) in [4.78, 5) is 0. The third-order valence-corrected chi connectivity index (χ3v) is 6.83. The minimum absolute atomic E-state index is 0.437. The minimum atomic E-state index is 0.437. The molecular weight excluding hydrogens is 254 g/mol. The van der Waals surface area contributed by atoms with E-state index in [2.05, 4.69) is 39.8 Å². The van der Waals surface area contributed by atoms with Gasteiger partial charge in [0.25, 0.3) is 0 Å². The van der Waals surface area contributed by atoms with Crippen molar-refractivity contribution in [2.24, 2.45) is 16.7 Å². The monoisotopic (exact) mass is 283 g/mol. The van der Waals surface area contributed by atoms with Crippen molar-refractivity contribution in [1.29, 1.82) is 0 Å². The van der Waals surface area contributed by atoms with Gasteiger partial charge in [0.15, 0.2) is 0 Å². The highest BCUT2D eigenvalue weighted by atomic mass is 14.6. The van der Waals surface area contributed by atoms with Gasteiger partial charge in [-0.2, -0.15) is 0 Å². The van der Waals surface area contributed by atoms with Gasteiger partial charge in [0.2, 0.25) is 0 Å². The van der Waals surface area contributed by atoms with Crippen molar-refractivity contribution in [2.45, 2.75) is 71.6 Å². The van der Waals surface area contributed by atoms with Crippen molar-refractivity contribution >= 4 is 5.69 Å². The van der Waals surface area contributed by atoms with Crippen LogP contribution < -0.4 is 5.73 Å². The Morgan fingerprint density at radius 2 is 1.43 bits per heavy atom. The summed E-state index contributed by atoms with van der Waals surface area (Å²) >= 11 is 0. The molecule has 4 aliphatic rings. The molecule has 21 heavy (non-hydrogen) atoms. The first-order valence-electron chi connectivity index (χ1n) is 8.60. The SMILES string of the molecule is Cc1cc(C23CC4CC(C)(CC(C)(C4)C2)C3)cc(C)c1N. The zero-order chi connectivity index (χ0) is 15.0. The molecule has 4 saturated carbocycles. The third kappa shape index (κ3) is 1.89. The fraction of sp³-hybridized carbons (Fsp3) is 0.700. The summed E-state index contributed by atoms with van der Waals surface area (Å²) in [6, 6.07) is 4.81. The van der Waals surface area contributed by atoms with Crippen molar-refractivity contribution < 1.29 is 0 Å². The average molecular weight is 283 g/mol. The standard InChI is InChI=1S/C20H29N/c1-13-5-16(6-14(2)17(13)21)20-9-15-7-18(3,11-20)10-19(4,8-15)12-20/h5-6,15H,7-12,21H2,1-4H3. The normalized spacial score (nSPS) is 44.3. The van der Waals surface area contributed by atoms with Crippen LogP contribution in [-0.2, 0) is 5.41 Å². The highest BCUT2D eigenvalue weighted by Crippen LogP contribution is 2.69. The van der Waals surface area contributed by atoms with Crippen LogP contribution in [0.5, 0.6) is 0 Å². The highest BCUT2D eigenvalue weighted by molar-refractivity contribution is 5.56. The summed E-state index contributed by atoms with van der Waals surface area (Å²) in [5.74, 6) is 0.953. The number of anilines is 1. The first-order chi connectivity index (χ1) is 9.73. The summed E-state index contributed by atoms with van der Waals surface area (Å²) in [7, 11) is 0. The van der Waals surface area contributed by atoms with Crippen molar-refractivity contribution in [3.63, 3.8) is 0 Å². The Kier molecular flexibility index (Phi) is 2.51. The van der Waals surface area contributed by atoms with E-state index in [1.165, 1.54) is 49.7 Å². The predicted molar refractivity (Wildman–Crippen MR) is 89.4 cm³/mol. The van der Waals surface area contributed by atoms with Crippen LogP contribution in [0.3, 0.4) is 0 Å². The maximum atomic E-state index is 6.19. The molecule has 1 aromatic carbocycles. The maximum Gasteiger partial charge on any atom is 0.0373 e. The van der Waals surface area contributed by atoms with Gasteiger partial charge in [0.05, 0.1) is 0 Å². The van der Waals surface area contributed by atoms with Crippen molar-refractivity contribution in [3.05, 3.63) is 28.8 Å². The fourth-order valence-electron chi connectivity index (χ4n) is 7.05. The first kappa shape index (κ1) is 13.7. The highest BCUT2D eigenvalue weighted by Gasteiger charge is 2.60. The van der Waals surface area contributed by atoms with Crippen molar-refractivity contribution in [2.75, 3.05) is 5.73 Å². The van der Waals surface area contributed by atoms with Crippen LogP contribution in [0.25, 0.3) is 0 Å². The van der Waals surface area contributed by atoms with Gasteiger partial charge >= 0.3 is 0 Å². The largest absolute Gasteiger partial charge is 0.398 e. The average Bonchev–Trinajstić information content (AvgIpc) is 2.30. The number of hydrogen-bond acceptors (Lipinski definition) is 1. The molecule has 5 rings (SSSR count). The first-order valence-corrected chi connectivity index (χ1v) is 8.60. The smallest absolute Gasteiger partial charge is 0.0373 e. The quantitative estimate of drug-likeness (QED) is 0.710. The molecule has 1 heteroatoms. The zero-order valence-corrected chi connectivity index (χ0v) is 14.1. The lowest BCUT2D eigenvalue weighted by Crippen LogP contribution is -2.56. The molecule has 2 atom stereocenters. The Morgan fingerprint density at radius 1 is 0.905 bits per heavy atom. The lowest BCUT2D eigenvalue weighted by molar-refractivity contribution is -0.110. The predicted octanol–water partition coefficient (Wildman–Crippen LogP) is 5.13. The Bertz CT molecular complexity index is 573. The van der Waals surface area contributed by atoms with E-state index in [9.17, 15) is 0 Å². The summed E-state index contributed by atoms with van der Waals surface area (Å²) < 4.78 is 0. The Hall–Kier alpha value is -0.980. The van der Waals surface area contributed by atoms with Crippen molar-refractivity contribution in [3.8, 4) is 0 Å². The van der Waals surface area contributed by atoms with Gasteiger partial charge in [-0.15, -0.1) is 0 Å². The van der Waals surface area contributed by atoms with E-state index in [1.54, 1.807) is 5.56 Å². The van der Waals surface area contributed by atoms with Gasteiger partial charge in [-0.05, 0) is 91.2 Å². The molecule has 114 valence electrons. The number of aryl methyl sites for hydroxylation is 2. The molecule has 0 heterocycles. The van der Waals surface area contributed by atoms with E-state index in [1.807, 2.05) is 0 Å². The van der Waals surface area contributed by atoms with Crippen molar-refractivity contribution in [1.82, 2.24) is 0 Å². The minimum Gasteiger partial charge on any atom is -0.398 e. The maximum absolute atomic E-state index is 6.19. The Labute approximate surface area is 129 Å². The second-order valence-electron chi connectivity index (χ2n) is 9.43. The molecule has 1 aromatic rings. The lowest BCUT2D eigenvalue weighted by atomic mass is 9.39. The van der Waals surface area contributed by atoms with Crippen LogP contribution in [0.15, 0.2) is 12.1 Å². The lowest BCUT2D eigenvalue weighted by Gasteiger charge is -2.65. The molecule has 0 radical (unpaired) electrons. The van der Waals surface area contributed by atoms with Crippen LogP contribution >= 0.6 is 0 Å². The number of hydrogen-bond donors (Lipinski definition) is 1. The Balaban J connectivity index is 1.84. The molecule has 2 N–H and O–H groups in total. The third-order valence-electron chi connectivity index (χ3n) is 6.83. The van der Waals surface area contributed by atoms with E-state index in [0.717, 1.165) is 11.6 Å². The molecule has 1 nitrogen and oxygen atoms in total. The fourth-order valence-corrected chi connectivity index (χ4v) is 7.05. The van der Waals surface area contributed by atoms with Gasteiger partial charge < -0.3 is 5.73 Å². The van der Waals surface area contributed by atoms with Crippen LogP contribution in [0, 0.1) is 30.6 Å².